The Morgan fingerprint density at radius 2 is 1.71 bits per heavy atom. The minimum absolute atomic E-state index is 0.000658. The number of anilines is 1. The lowest BCUT2D eigenvalue weighted by Gasteiger charge is -2.12. The molecule has 220 valence electrons. The number of pyridine rings is 1. The van der Waals surface area contributed by atoms with Crippen molar-refractivity contribution in [1.29, 1.82) is 0 Å². The number of rotatable bonds is 9. The van der Waals surface area contributed by atoms with Gasteiger partial charge in [-0.15, -0.1) is 0 Å². The van der Waals surface area contributed by atoms with E-state index in [9.17, 15) is 31.9 Å². The van der Waals surface area contributed by atoms with E-state index in [4.69, 9.17) is 5.73 Å². The van der Waals surface area contributed by atoms with Gasteiger partial charge in [-0.25, -0.2) is 9.37 Å². The van der Waals surface area contributed by atoms with Crippen molar-refractivity contribution in [1.82, 2.24) is 25.0 Å². The highest BCUT2D eigenvalue weighted by Gasteiger charge is 2.39. The number of primary amides is 1. The molecular formula is C28H27F4N7O3. The first-order chi connectivity index (χ1) is 19.7. The fraction of sp³-hybridized carbons (Fsp3) is 0.250. The molecular weight excluding hydrogens is 558 g/mol. The highest BCUT2D eigenvalue weighted by atomic mass is 19.4. The van der Waals surface area contributed by atoms with Crippen LogP contribution in [0.2, 0.25) is 0 Å². The molecule has 0 saturated carbocycles. The summed E-state index contributed by atoms with van der Waals surface area (Å²) < 4.78 is 56.9. The van der Waals surface area contributed by atoms with Gasteiger partial charge in [-0.05, 0) is 56.9 Å². The van der Waals surface area contributed by atoms with Crippen molar-refractivity contribution in [2.75, 3.05) is 32.5 Å². The second-order valence-electron chi connectivity index (χ2n) is 9.76. The highest BCUT2D eigenvalue weighted by molar-refractivity contribution is 6.14. The van der Waals surface area contributed by atoms with Crippen molar-refractivity contribution in [3.8, 4) is 0 Å². The Balaban J connectivity index is 1.63. The van der Waals surface area contributed by atoms with E-state index in [1.165, 1.54) is 13.0 Å². The van der Waals surface area contributed by atoms with E-state index in [-0.39, 0.29) is 40.3 Å². The molecule has 4 aromatic rings. The van der Waals surface area contributed by atoms with Crippen LogP contribution in [0.5, 0.6) is 0 Å². The van der Waals surface area contributed by atoms with Crippen molar-refractivity contribution in [2.24, 2.45) is 5.73 Å². The number of fused-ring (bicyclic) bond motifs is 1. The van der Waals surface area contributed by atoms with Crippen LogP contribution in [0.25, 0.3) is 10.9 Å². The molecule has 2 aromatic heterocycles. The van der Waals surface area contributed by atoms with E-state index in [1.807, 2.05) is 19.0 Å². The van der Waals surface area contributed by atoms with Gasteiger partial charge in [0.15, 0.2) is 5.69 Å². The molecule has 3 amide bonds. The third-order valence-corrected chi connectivity index (χ3v) is 6.38. The number of likely N-dealkylation sites (N-methyl/N-ethyl adjacent to an activating group) is 1. The van der Waals surface area contributed by atoms with Gasteiger partial charge >= 0.3 is 6.18 Å². The second kappa shape index (κ2) is 11.9. The maximum absolute atomic E-state index is 14.0. The topological polar surface area (TPSA) is 135 Å². The molecule has 0 spiro atoms. The van der Waals surface area contributed by atoms with Crippen LogP contribution in [-0.4, -0.2) is 64.6 Å². The third-order valence-electron chi connectivity index (χ3n) is 6.38. The first-order valence-electron chi connectivity index (χ1n) is 12.6. The molecule has 2 heterocycles. The summed E-state index contributed by atoms with van der Waals surface area (Å²) in [5.74, 6) is -2.99. The maximum Gasteiger partial charge on any atom is 0.437 e. The zero-order chi connectivity index (χ0) is 30.8. The lowest BCUT2D eigenvalue weighted by atomic mass is 10.1. The number of hydrogen-bond donors (Lipinski definition) is 3. The number of carbonyl (C=O) groups excluding carboxylic acids is 3. The van der Waals surface area contributed by atoms with Crippen molar-refractivity contribution in [3.05, 3.63) is 88.1 Å². The molecule has 0 saturated heterocycles. The minimum atomic E-state index is -4.92. The van der Waals surface area contributed by atoms with E-state index < -0.39 is 35.2 Å². The third kappa shape index (κ3) is 6.71. The maximum atomic E-state index is 14.0. The van der Waals surface area contributed by atoms with Crippen molar-refractivity contribution < 1.29 is 31.9 Å². The lowest BCUT2D eigenvalue weighted by molar-refractivity contribution is -0.140. The molecule has 0 fully saturated rings. The predicted molar refractivity (Wildman–Crippen MR) is 147 cm³/mol. The molecule has 0 bridgehead atoms. The van der Waals surface area contributed by atoms with E-state index in [1.54, 1.807) is 24.3 Å². The summed E-state index contributed by atoms with van der Waals surface area (Å²) in [6.07, 6.45) is -4.92. The molecule has 10 nitrogen and oxygen atoms in total. The number of hydrogen-bond acceptors (Lipinski definition) is 6. The predicted octanol–water partition coefficient (Wildman–Crippen LogP) is 3.59. The summed E-state index contributed by atoms with van der Waals surface area (Å²) >= 11 is 0. The van der Waals surface area contributed by atoms with Gasteiger partial charge in [0.05, 0.1) is 29.0 Å². The van der Waals surface area contributed by atoms with Gasteiger partial charge in [0.2, 0.25) is 0 Å². The first-order valence-corrected chi connectivity index (χ1v) is 12.6. The number of carbonyl (C=O) groups is 3. The average molecular weight is 586 g/mol. The quantitative estimate of drug-likeness (QED) is 0.257. The van der Waals surface area contributed by atoms with Gasteiger partial charge in [0.1, 0.15) is 11.5 Å². The second-order valence-corrected chi connectivity index (χ2v) is 9.76. The summed E-state index contributed by atoms with van der Waals surface area (Å²) in [5.41, 5.74) is 3.66. The number of nitrogens with one attached hydrogen (secondary N) is 2. The Kier molecular flexibility index (Phi) is 8.56. The smallest absolute Gasteiger partial charge is 0.364 e. The zero-order valence-electron chi connectivity index (χ0n) is 22.8. The normalized spacial score (nSPS) is 11.6. The number of benzene rings is 2. The van der Waals surface area contributed by atoms with Gasteiger partial charge in [-0.2, -0.15) is 18.3 Å². The molecule has 2 aromatic carbocycles. The Bertz CT molecular complexity index is 1670. The fourth-order valence-corrected chi connectivity index (χ4v) is 4.17. The molecule has 14 heteroatoms. The van der Waals surface area contributed by atoms with Crippen LogP contribution in [0.1, 0.15) is 48.2 Å². The molecule has 4 N–H and O–H groups in total. The Morgan fingerprint density at radius 1 is 1.02 bits per heavy atom. The summed E-state index contributed by atoms with van der Waals surface area (Å²) in [7, 11) is 3.75. The molecule has 4 rings (SSSR count). The Labute approximate surface area is 237 Å². The summed E-state index contributed by atoms with van der Waals surface area (Å²) in [4.78, 5) is 43.2. The van der Waals surface area contributed by atoms with E-state index in [0.717, 1.165) is 22.9 Å². The number of amides is 3. The SMILES string of the molecule is Cc1c(NC(=O)c2cc(C(N)=O)nc3cc(F)ccc23)c(C(F)(F)F)nn1Cc1ccc(C(=O)NCCN(C)C)cc1. The largest absolute Gasteiger partial charge is 0.437 e. The standard InChI is InChI=1S/C28H27F4N7O3/c1-15-23(36-27(42)20-13-22(25(33)40)35-21-12-18(29)8-9-19(20)21)24(28(30,31)32)37-39(15)14-16-4-6-17(7-5-16)26(41)34-10-11-38(2)3/h4-9,12-13H,10-11,14H2,1-3H3,(H2,33,40)(H,34,41)(H,36,42). The van der Waals surface area contributed by atoms with Crippen LogP contribution < -0.4 is 16.4 Å². The van der Waals surface area contributed by atoms with Gasteiger partial charge in [0, 0.05) is 30.1 Å². The Morgan fingerprint density at radius 3 is 2.33 bits per heavy atom. The Hall–Kier alpha value is -4.85. The highest BCUT2D eigenvalue weighted by Crippen LogP contribution is 2.36. The summed E-state index contributed by atoms with van der Waals surface area (Å²) in [5, 5.41) is 8.85. The average Bonchev–Trinajstić information content (AvgIpc) is 3.22. The van der Waals surface area contributed by atoms with Crippen LogP contribution >= 0.6 is 0 Å². The summed E-state index contributed by atoms with van der Waals surface area (Å²) in [6, 6.07) is 10.6. The number of nitrogens with zero attached hydrogens (tertiary/aromatic N) is 4. The van der Waals surface area contributed by atoms with Crippen molar-refractivity contribution >= 4 is 34.3 Å². The minimum Gasteiger partial charge on any atom is -0.364 e. The van der Waals surface area contributed by atoms with Crippen molar-refractivity contribution in [3.63, 3.8) is 0 Å². The molecule has 0 aliphatic rings. The lowest BCUT2D eigenvalue weighted by Crippen LogP contribution is -2.31. The molecule has 0 aliphatic heterocycles. The van der Waals surface area contributed by atoms with E-state index in [0.29, 0.717) is 24.2 Å². The van der Waals surface area contributed by atoms with Gasteiger partial charge in [0.25, 0.3) is 17.7 Å². The molecule has 0 radical (unpaired) electrons. The van der Waals surface area contributed by atoms with Crippen LogP contribution in [-0.2, 0) is 12.7 Å². The van der Waals surface area contributed by atoms with E-state index >= 15 is 0 Å². The van der Waals surface area contributed by atoms with Crippen LogP contribution in [0.15, 0.2) is 48.5 Å². The number of nitrogens with two attached hydrogens (primary N) is 1. The van der Waals surface area contributed by atoms with Crippen LogP contribution in [0.4, 0.5) is 23.2 Å². The zero-order valence-corrected chi connectivity index (χ0v) is 22.8. The van der Waals surface area contributed by atoms with Crippen LogP contribution in [0, 0.1) is 12.7 Å². The fourth-order valence-electron chi connectivity index (χ4n) is 4.17. The van der Waals surface area contributed by atoms with Crippen molar-refractivity contribution in [2.45, 2.75) is 19.6 Å². The number of aromatic nitrogens is 3. The van der Waals surface area contributed by atoms with Crippen LogP contribution in [0.3, 0.4) is 0 Å². The molecule has 42 heavy (non-hydrogen) atoms. The van der Waals surface area contributed by atoms with Gasteiger partial charge < -0.3 is 21.3 Å². The number of halogens is 4. The first kappa shape index (κ1) is 30.1. The molecule has 0 aliphatic carbocycles. The monoisotopic (exact) mass is 585 g/mol. The number of alkyl halides is 3. The van der Waals surface area contributed by atoms with Gasteiger partial charge in [-0.3, -0.25) is 19.1 Å². The van der Waals surface area contributed by atoms with Gasteiger partial charge in [-0.1, -0.05) is 12.1 Å². The molecule has 0 unspecified atom stereocenters. The molecule has 0 atom stereocenters. The van der Waals surface area contributed by atoms with E-state index in [2.05, 4.69) is 20.7 Å². The summed E-state index contributed by atoms with van der Waals surface area (Å²) in [6.45, 7) is 2.38.